The van der Waals surface area contributed by atoms with E-state index >= 15 is 0 Å². The third-order valence-electron chi connectivity index (χ3n) is 18.1. The molecule has 26 nitrogen and oxygen atoms in total. The Labute approximate surface area is 607 Å². The highest BCUT2D eigenvalue weighted by molar-refractivity contribution is 7.80. The number of carbonyl (C=O) groups is 12. The minimum absolute atomic E-state index is 0.0830. The van der Waals surface area contributed by atoms with E-state index in [-0.39, 0.29) is 140 Å². The molecular weight excluding hydrogens is 1340 g/mol. The van der Waals surface area contributed by atoms with Crippen LogP contribution in [0.3, 0.4) is 0 Å². The van der Waals surface area contributed by atoms with E-state index in [1.165, 1.54) is 0 Å². The Morgan fingerprint density at radius 3 is 1.52 bits per heavy atom. The van der Waals surface area contributed by atoms with Gasteiger partial charge in [-0.05, 0) is 105 Å². The standard InChI is InChI=1S/C76H102N8O18S/c85-61(27-15-1-2-17-29-67(88)77-36-18-7-19-37-78-76(102)81-62(75(100)101)34-35-69(89)90)47-58(74(98)99)26-14-6-16-28-65(86)63(44-54-22-10-4-11-23-54)80-73(97)59(42-53-20-8-3-9-21-53)48-66(87)64(45-55-24-12-5-13-25-55)79-68(103)46-57-32-30-56(31-33-57)43-60-49-83(51-71(93)94)39-38-82(50-70(91)92)40-41-84(60)52-72(95)96/h3-5,8-13,20-25,30-33,58-60,62-64H,1-2,6-7,14-19,26-29,34-52H2,(H,77,88)(H,79,103)(H,80,97)(H,89,90)(H,91,92)(H,93,94)(H,95,96)(H,98,99)(H,100,101)(H2,78,81,102)/t58?,59?,60?,62-,63?,64?/m0/s1. The van der Waals surface area contributed by atoms with Crippen LogP contribution in [0, 0.1) is 11.8 Å². The molecule has 4 aromatic rings. The van der Waals surface area contributed by atoms with Crippen LogP contribution in [0.4, 0.5) is 4.79 Å². The highest BCUT2D eigenvalue weighted by Gasteiger charge is 2.33. The summed E-state index contributed by atoms with van der Waals surface area (Å²) in [5.41, 5.74) is 4.12. The van der Waals surface area contributed by atoms with Crippen molar-refractivity contribution in [3.8, 4) is 0 Å². The number of urea groups is 1. The molecule has 0 spiro atoms. The fraction of sp³-hybridized carbons (Fsp3) is 0.513. The number of amides is 4. The van der Waals surface area contributed by atoms with Gasteiger partial charge in [-0.15, -0.1) is 0 Å². The number of ketones is 3. The minimum Gasteiger partial charge on any atom is -0.481 e. The van der Waals surface area contributed by atoms with E-state index in [4.69, 9.17) is 17.3 Å². The van der Waals surface area contributed by atoms with E-state index in [0.717, 1.165) is 27.8 Å². The maximum absolute atomic E-state index is 14.9. The van der Waals surface area contributed by atoms with Gasteiger partial charge in [0.15, 0.2) is 11.6 Å². The largest absolute Gasteiger partial charge is 0.481 e. The van der Waals surface area contributed by atoms with E-state index < -0.39 is 90.2 Å². The van der Waals surface area contributed by atoms with Crippen LogP contribution in [0.25, 0.3) is 0 Å². The smallest absolute Gasteiger partial charge is 0.326 e. The molecule has 5 unspecified atom stereocenters. The van der Waals surface area contributed by atoms with Crippen LogP contribution in [-0.4, -0.2) is 211 Å². The van der Waals surface area contributed by atoms with Gasteiger partial charge in [0.1, 0.15) is 11.8 Å². The molecular formula is C76H102N8O18S. The zero-order valence-electron chi connectivity index (χ0n) is 58.6. The Hall–Kier alpha value is -9.31. The van der Waals surface area contributed by atoms with Gasteiger partial charge in [0.2, 0.25) is 11.8 Å². The summed E-state index contributed by atoms with van der Waals surface area (Å²) >= 11 is 5.96. The van der Waals surface area contributed by atoms with E-state index in [0.29, 0.717) is 95.1 Å². The Balaban J connectivity index is 1.12. The molecule has 1 heterocycles. The monoisotopic (exact) mass is 1450 g/mol. The predicted molar refractivity (Wildman–Crippen MR) is 388 cm³/mol. The van der Waals surface area contributed by atoms with Crippen molar-refractivity contribution in [2.45, 2.75) is 172 Å². The maximum Gasteiger partial charge on any atom is 0.326 e. The number of nitrogens with one attached hydrogen (secondary N) is 5. The van der Waals surface area contributed by atoms with Crippen molar-refractivity contribution >= 4 is 88.2 Å². The van der Waals surface area contributed by atoms with E-state index in [1.807, 2.05) is 115 Å². The van der Waals surface area contributed by atoms with Gasteiger partial charge in [0.05, 0.1) is 42.6 Å². The average Bonchev–Trinajstić information content (AvgIpc) is 1.17. The molecule has 0 radical (unpaired) electrons. The van der Waals surface area contributed by atoms with E-state index in [1.54, 1.807) is 14.7 Å². The lowest BCUT2D eigenvalue weighted by atomic mass is 9.88. The molecule has 5 rings (SSSR count). The predicted octanol–water partition coefficient (Wildman–Crippen LogP) is 6.81. The molecule has 0 aromatic heterocycles. The lowest BCUT2D eigenvalue weighted by molar-refractivity contribution is -0.144. The number of thiocarbonyl (C=S) groups is 1. The van der Waals surface area contributed by atoms with Crippen LogP contribution >= 0.6 is 12.2 Å². The lowest BCUT2D eigenvalue weighted by Crippen LogP contribution is -2.49. The Morgan fingerprint density at radius 1 is 0.427 bits per heavy atom. The summed E-state index contributed by atoms with van der Waals surface area (Å²) in [6, 6.07) is 31.3. The first-order valence-electron chi connectivity index (χ1n) is 35.6. The van der Waals surface area contributed by atoms with Crippen LogP contribution < -0.4 is 26.6 Å². The quantitative estimate of drug-likeness (QED) is 0.0160. The second-order valence-corrected chi connectivity index (χ2v) is 27.0. The van der Waals surface area contributed by atoms with Crippen molar-refractivity contribution in [1.82, 2.24) is 41.3 Å². The third-order valence-corrected chi connectivity index (χ3v) is 18.4. The summed E-state index contributed by atoms with van der Waals surface area (Å²) in [6.45, 7) is 1.11. The molecule has 6 atom stereocenters. The van der Waals surface area contributed by atoms with Crippen molar-refractivity contribution < 1.29 is 88.2 Å². The number of carboxylic acids is 6. The summed E-state index contributed by atoms with van der Waals surface area (Å²) in [4.78, 5) is 157. The van der Waals surface area contributed by atoms with Gasteiger partial charge < -0.3 is 57.2 Å². The van der Waals surface area contributed by atoms with Crippen molar-refractivity contribution in [3.63, 3.8) is 0 Å². The molecule has 560 valence electrons. The Kier molecular flexibility index (Phi) is 38.5. The van der Waals surface area contributed by atoms with E-state index in [2.05, 4.69) is 26.6 Å². The number of carboxylic acid groups (broad SMARTS) is 6. The molecule has 1 saturated heterocycles. The number of rotatable bonds is 50. The summed E-state index contributed by atoms with van der Waals surface area (Å²) in [5, 5.41) is 71.2. The third kappa shape index (κ3) is 35.4. The number of carbonyl (C=O) groups excluding carboxylic acids is 6. The molecule has 4 amide bonds. The molecule has 1 fully saturated rings. The SMILES string of the molecule is O=C(O)CC[C@H](NC(=O)NCCCCCNC(=O)CCCCCCC(=O)CC(CCCCCC(=O)C(Cc1ccccc1)NC(=O)C(CC(=O)C(Cc1ccccc1)NC(=S)Cc1ccc(CC2CN(CC(=O)O)CCN(CC(=O)O)CCN2CC(=O)O)cc1)Cc1ccccc1)C(=O)O)C(=O)O. The zero-order valence-corrected chi connectivity index (χ0v) is 59.4. The number of unbranched alkanes of at least 4 members (excludes halogenated alkanes) is 7. The molecule has 11 N–H and O–H groups in total. The van der Waals surface area contributed by atoms with Gasteiger partial charge >= 0.3 is 41.8 Å². The van der Waals surface area contributed by atoms with Crippen LogP contribution in [0.2, 0.25) is 0 Å². The fourth-order valence-corrected chi connectivity index (χ4v) is 12.8. The molecule has 1 aliphatic heterocycles. The van der Waals surface area contributed by atoms with Crippen molar-refractivity contribution in [1.29, 1.82) is 0 Å². The number of Topliss-reactive ketones (excluding diaryl/α,β-unsaturated/α-hetero) is 3. The molecule has 0 saturated carbocycles. The highest BCUT2D eigenvalue weighted by Crippen LogP contribution is 2.22. The molecule has 103 heavy (non-hydrogen) atoms. The van der Waals surface area contributed by atoms with Gasteiger partial charge in [-0.1, -0.05) is 153 Å². The minimum atomic E-state index is -1.33. The van der Waals surface area contributed by atoms with Crippen LogP contribution in [0.5, 0.6) is 0 Å². The average molecular weight is 1450 g/mol. The van der Waals surface area contributed by atoms with Gasteiger partial charge in [-0.3, -0.25) is 62.6 Å². The number of benzene rings is 4. The summed E-state index contributed by atoms with van der Waals surface area (Å²) in [6.07, 6.45) is 6.91. The molecule has 1 aliphatic rings. The number of hydrogen-bond donors (Lipinski definition) is 11. The lowest BCUT2D eigenvalue weighted by Gasteiger charge is -2.33. The van der Waals surface area contributed by atoms with Crippen molar-refractivity contribution in [2.75, 3.05) is 65.4 Å². The first-order valence-corrected chi connectivity index (χ1v) is 36.0. The molecule has 27 heteroatoms. The normalized spacial score (nSPS) is 15.0. The zero-order chi connectivity index (χ0) is 74.9. The second-order valence-electron chi connectivity index (χ2n) is 26.5. The number of nitrogens with zero attached hydrogens (tertiary/aromatic N) is 3. The summed E-state index contributed by atoms with van der Waals surface area (Å²) < 4.78 is 0. The Bertz CT molecular complexity index is 3390. The number of hydrogen-bond acceptors (Lipinski definition) is 16. The van der Waals surface area contributed by atoms with E-state index in [9.17, 15) is 83.1 Å². The first kappa shape index (κ1) is 84.3. The van der Waals surface area contributed by atoms with Gasteiger partial charge in [0, 0.05) is 103 Å². The van der Waals surface area contributed by atoms with Gasteiger partial charge in [-0.2, -0.15) is 0 Å². The highest BCUT2D eigenvalue weighted by atomic mass is 32.1. The Morgan fingerprint density at radius 2 is 0.942 bits per heavy atom. The van der Waals surface area contributed by atoms with Gasteiger partial charge in [-0.25, -0.2) is 9.59 Å². The number of aliphatic carboxylic acids is 6. The molecule has 4 aromatic carbocycles. The van der Waals surface area contributed by atoms with Crippen LogP contribution in [0.15, 0.2) is 115 Å². The first-order chi connectivity index (χ1) is 49.4. The second kappa shape index (κ2) is 47.1. The molecule has 0 aliphatic carbocycles. The van der Waals surface area contributed by atoms with Crippen molar-refractivity contribution in [3.05, 3.63) is 143 Å². The molecule has 0 bridgehead atoms. The van der Waals surface area contributed by atoms with Gasteiger partial charge in [0.25, 0.3) is 0 Å². The summed E-state index contributed by atoms with van der Waals surface area (Å²) in [5.74, 6) is -9.81. The summed E-state index contributed by atoms with van der Waals surface area (Å²) in [7, 11) is 0. The fourth-order valence-electron chi connectivity index (χ4n) is 12.5. The van der Waals surface area contributed by atoms with Crippen LogP contribution in [-0.2, 0) is 84.8 Å². The van der Waals surface area contributed by atoms with Crippen molar-refractivity contribution in [2.24, 2.45) is 11.8 Å². The maximum atomic E-state index is 14.9. The topological polar surface area (TPSA) is 396 Å². The van der Waals surface area contributed by atoms with Crippen LogP contribution in [0.1, 0.15) is 143 Å².